The first-order valence-electron chi connectivity index (χ1n) is 8.86. The number of benzene rings is 1. The highest BCUT2D eigenvalue weighted by Crippen LogP contribution is 2.58. The van der Waals surface area contributed by atoms with Gasteiger partial charge < -0.3 is 15.7 Å². The Morgan fingerprint density at radius 3 is 2.38 bits per heavy atom. The van der Waals surface area contributed by atoms with E-state index in [-0.39, 0.29) is 11.9 Å². The normalized spacial score (nSPS) is 24.1. The lowest BCUT2D eigenvalue weighted by Crippen LogP contribution is -2.32. The number of hydrogen-bond acceptors (Lipinski definition) is 3. The van der Waals surface area contributed by atoms with Crippen LogP contribution < -0.4 is 10.6 Å². The second-order valence-corrected chi connectivity index (χ2v) is 8.16. The molecule has 7 heteroatoms. The van der Waals surface area contributed by atoms with Crippen LogP contribution in [0.25, 0.3) is 0 Å². The number of halogens is 1. The van der Waals surface area contributed by atoms with Crippen LogP contribution in [0.4, 0.5) is 5.69 Å². The van der Waals surface area contributed by atoms with Crippen LogP contribution in [0.5, 0.6) is 0 Å². The van der Waals surface area contributed by atoms with Crippen LogP contribution in [0.3, 0.4) is 0 Å². The van der Waals surface area contributed by atoms with Gasteiger partial charge in [0.25, 0.3) is 5.91 Å². The maximum absolute atomic E-state index is 12.5. The molecule has 26 heavy (non-hydrogen) atoms. The first kappa shape index (κ1) is 18.7. The molecule has 0 radical (unpaired) electrons. The fourth-order valence-electron chi connectivity index (χ4n) is 3.90. The summed E-state index contributed by atoms with van der Waals surface area (Å²) in [6.07, 6.45) is 4.20. The van der Waals surface area contributed by atoms with E-state index in [0.29, 0.717) is 16.3 Å². The maximum atomic E-state index is 12.5. The van der Waals surface area contributed by atoms with E-state index in [1.165, 1.54) is 6.07 Å². The highest BCUT2D eigenvalue weighted by Gasteiger charge is 2.65. The predicted octanol–water partition coefficient (Wildman–Crippen LogP) is 3.31. The summed E-state index contributed by atoms with van der Waals surface area (Å²) in [6.45, 7) is 3.51. The van der Waals surface area contributed by atoms with Crippen molar-refractivity contribution in [3.8, 4) is 0 Å². The topological polar surface area (TPSA) is 95.5 Å². The molecule has 2 saturated carbocycles. The van der Waals surface area contributed by atoms with Crippen molar-refractivity contribution in [3.63, 3.8) is 0 Å². The number of rotatable bonds is 5. The molecule has 3 rings (SSSR count). The van der Waals surface area contributed by atoms with Crippen molar-refractivity contribution in [3.05, 3.63) is 28.8 Å². The molecule has 1 aromatic carbocycles. The smallest absolute Gasteiger partial charge is 0.307 e. The van der Waals surface area contributed by atoms with Crippen molar-refractivity contribution in [2.24, 2.45) is 17.3 Å². The minimum absolute atomic E-state index is 0.194. The van der Waals surface area contributed by atoms with Crippen molar-refractivity contribution >= 4 is 35.1 Å². The largest absolute Gasteiger partial charge is 0.481 e. The Labute approximate surface area is 157 Å². The summed E-state index contributed by atoms with van der Waals surface area (Å²) >= 11 is 6.15. The van der Waals surface area contributed by atoms with Crippen LogP contribution in [0.15, 0.2) is 18.2 Å². The summed E-state index contributed by atoms with van der Waals surface area (Å²) in [6, 6.07) is 4.91. The van der Waals surface area contributed by atoms with Gasteiger partial charge in [0.2, 0.25) is 5.91 Å². The molecular formula is C19H23ClN2O4. The lowest BCUT2D eigenvalue weighted by atomic mass is 10.1. The summed E-state index contributed by atoms with van der Waals surface area (Å²) in [7, 11) is 0. The van der Waals surface area contributed by atoms with E-state index in [2.05, 4.69) is 10.6 Å². The number of aliphatic carboxylic acids is 1. The van der Waals surface area contributed by atoms with E-state index in [4.69, 9.17) is 11.6 Å². The van der Waals surface area contributed by atoms with Crippen LogP contribution >= 0.6 is 11.6 Å². The number of anilines is 1. The fourth-order valence-corrected chi connectivity index (χ4v) is 4.06. The Kier molecular flexibility index (Phi) is 4.97. The van der Waals surface area contributed by atoms with Crippen molar-refractivity contribution in [1.82, 2.24) is 5.32 Å². The SMILES string of the molecule is CC1(C)C(C(=O)O)C1C(=O)Nc1cc(C(=O)NC2CCCC2)ccc1Cl. The Morgan fingerprint density at radius 2 is 1.81 bits per heavy atom. The van der Waals surface area contributed by atoms with Gasteiger partial charge in [-0.05, 0) is 36.5 Å². The molecule has 0 saturated heterocycles. The average Bonchev–Trinajstić information content (AvgIpc) is 2.90. The van der Waals surface area contributed by atoms with Gasteiger partial charge in [-0.2, -0.15) is 0 Å². The summed E-state index contributed by atoms with van der Waals surface area (Å²) < 4.78 is 0. The van der Waals surface area contributed by atoms with E-state index in [1.54, 1.807) is 26.0 Å². The zero-order valence-electron chi connectivity index (χ0n) is 14.8. The van der Waals surface area contributed by atoms with Gasteiger partial charge in [-0.25, -0.2) is 0 Å². The van der Waals surface area contributed by atoms with Crippen molar-refractivity contribution < 1.29 is 19.5 Å². The molecule has 140 valence electrons. The number of hydrogen-bond donors (Lipinski definition) is 3. The number of carboxylic acid groups (broad SMARTS) is 1. The van der Waals surface area contributed by atoms with Gasteiger partial charge in [-0.3, -0.25) is 14.4 Å². The number of carbonyl (C=O) groups is 3. The first-order valence-corrected chi connectivity index (χ1v) is 9.23. The summed E-state index contributed by atoms with van der Waals surface area (Å²) in [5, 5.41) is 15.2. The van der Waals surface area contributed by atoms with Crippen LogP contribution in [-0.4, -0.2) is 28.9 Å². The van der Waals surface area contributed by atoms with Crippen LogP contribution in [0, 0.1) is 17.3 Å². The molecule has 0 aliphatic heterocycles. The average molecular weight is 379 g/mol. The number of nitrogens with one attached hydrogen (secondary N) is 2. The van der Waals surface area contributed by atoms with Gasteiger partial charge in [0.1, 0.15) is 0 Å². The molecule has 0 bridgehead atoms. The first-order chi connectivity index (χ1) is 12.2. The van der Waals surface area contributed by atoms with Gasteiger partial charge >= 0.3 is 5.97 Å². The molecule has 2 fully saturated rings. The van der Waals surface area contributed by atoms with E-state index in [0.717, 1.165) is 25.7 Å². The van der Waals surface area contributed by atoms with Crippen molar-refractivity contribution in [2.45, 2.75) is 45.6 Å². The summed E-state index contributed by atoms with van der Waals surface area (Å²) in [5.41, 5.74) is 0.142. The monoisotopic (exact) mass is 378 g/mol. The second-order valence-electron chi connectivity index (χ2n) is 7.75. The zero-order valence-corrected chi connectivity index (χ0v) is 15.6. The third kappa shape index (κ3) is 3.56. The Hall–Kier alpha value is -2.08. The van der Waals surface area contributed by atoms with Crippen LogP contribution in [0.1, 0.15) is 49.9 Å². The summed E-state index contributed by atoms with van der Waals surface area (Å²) in [4.78, 5) is 36.1. The second kappa shape index (κ2) is 6.91. The number of carbonyl (C=O) groups excluding carboxylic acids is 2. The quantitative estimate of drug-likeness (QED) is 0.732. The lowest BCUT2D eigenvalue weighted by Gasteiger charge is -2.14. The van der Waals surface area contributed by atoms with Crippen LogP contribution in [-0.2, 0) is 9.59 Å². The highest BCUT2D eigenvalue weighted by molar-refractivity contribution is 6.34. The van der Waals surface area contributed by atoms with Gasteiger partial charge in [-0.1, -0.05) is 38.3 Å². The highest BCUT2D eigenvalue weighted by atomic mass is 35.5. The van der Waals surface area contributed by atoms with E-state index in [1.807, 2.05) is 0 Å². The fraction of sp³-hybridized carbons (Fsp3) is 0.526. The molecule has 0 aromatic heterocycles. The number of carboxylic acids is 1. The Bertz CT molecular complexity index is 756. The van der Waals surface area contributed by atoms with Crippen molar-refractivity contribution in [2.75, 3.05) is 5.32 Å². The van der Waals surface area contributed by atoms with Gasteiger partial charge in [0.15, 0.2) is 0 Å². The maximum Gasteiger partial charge on any atom is 0.307 e. The summed E-state index contributed by atoms with van der Waals surface area (Å²) in [5.74, 6) is -2.90. The molecule has 0 heterocycles. The molecule has 3 N–H and O–H groups in total. The minimum Gasteiger partial charge on any atom is -0.481 e. The Balaban J connectivity index is 1.71. The number of amides is 2. The third-order valence-electron chi connectivity index (χ3n) is 5.55. The van der Waals surface area contributed by atoms with Gasteiger partial charge in [-0.15, -0.1) is 0 Å². The van der Waals surface area contributed by atoms with E-state index < -0.39 is 29.1 Å². The van der Waals surface area contributed by atoms with Gasteiger partial charge in [0, 0.05) is 11.6 Å². The van der Waals surface area contributed by atoms with Crippen molar-refractivity contribution in [1.29, 1.82) is 0 Å². The minimum atomic E-state index is -0.981. The molecule has 1 aromatic rings. The molecule has 2 atom stereocenters. The Morgan fingerprint density at radius 1 is 1.15 bits per heavy atom. The molecular weight excluding hydrogens is 356 g/mol. The van der Waals surface area contributed by atoms with Crippen LogP contribution in [0.2, 0.25) is 5.02 Å². The van der Waals surface area contributed by atoms with E-state index >= 15 is 0 Å². The lowest BCUT2D eigenvalue weighted by molar-refractivity contribution is -0.140. The van der Waals surface area contributed by atoms with Gasteiger partial charge in [0.05, 0.1) is 22.5 Å². The predicted molar refractivity (Wildman–Crippen MR) is 98.2 cm³/mol. The molecule has 2 unspecified atom stereocenters. The van der Waals surface area contributed by atoms with E-state index in [9.17, 15) is 19.5 Å². The zero-order chi connectivity index (χ0) is 19.1. The molecule has 2 aliphatic rings. The molecule has 6 nitrogen and oxygen atoms in total. The molecule has 2 amide bonds. The molecule has 0 spiro atoms. The standard InChI is InChI=1S/C19H23ClN2O4/c1-19(2)14(15(19)18(25)26)17(24)22-13-9-10(7-8-12(13)20)16(23)21-11-5-3-4-6-11/h7-9,11,14-15H,3-6H2,1-2H3,(H,21,23)(H,22,24)(H,25,26). The molecule has 2 aliphatic carbocycles. The third-order valence-corrected chi connectivity index (χ3v) is 5.88.